The Labute approximate surface area is 73.7 Å². The van der Waals surface area contributed by atoms with Gasteiger partial charge in [-0.1, -0.05) is 13.3 Å². The summed E-state index contributed by atoms with van der Waals surface area (Å²) in [5.41, 5.74) is 0. The van der Waals surface area contributed by atoms with Gasteiger partial charge < -0.3 is 14.6 Å². The molecule has 1 fully saturated rings. The van der Waals surface area contributed by atoms with Crippen molar-refractivity contribution in [3.63, 3.8) is 0 Å². The number of hydrogen-bond acceptors (Lipinski definition) is 3. The molecule has 1 aliphatic rings. The van der Waals surface area contributed by atoms with Crippen LogP contribution in [-0.4, -0.2) is 37.1 Å². The van der Waals surface area contributed by atoms with Crippen molar-refractivity contribution in [1.82, 2.24) is 0 Å². The van der Waals surface area contributed by atoms with Crippen LogP contribution in [0.25, 0.3) is 0 Å². The predicted octanol–water partition coefficient (Wildman–Crippen LogP) is 0.953. The van der Waals surface area contributed by atoms with Crippen molar-refractivity contribution in [2.75, 3.05) is 19.8 Å². The largest absolute Gasteiger partial charge is 0.390 e. The van der Waals surface area contributed by atoms with E-state index in [0.29, 0.717) is 19.6 Å². The number of ether oxygens (including phenoxy) is 2. The van der Waals surface area contributed by atoms with Gasteiger partial charge in [-0.05, 0) is 12.8 Å². The van der Waals surface area contributed by atoms with Gasteiger partial charge in [0.15, 0.2) is 0 Å². The third kappa shape index (κ3) is 3.09. The van der Waals surface area contributed by atoms with Crippen LogP contribution in [-0.2, 0) is 9.47 Å². The van der Waals surface area contributed by atoms with Gasteiger partial charge in [-0.15, -0.1) is 0 Å². The molecule has 1 saturated heterocycles. The van der Waals surface area contributed by atoms with Crippen molar-refractivity contribution in [2.45, 2.75) is 38.4 Å². The van der Waals surface area contributed by atoms with Crippen molar-refractivity contribution in [1.29, 1.82) is 0 Å². The highest BCUT2D eigenvalue weighted by molar-refractivity contribution is 4.72. The summed E-state index contributed by atoms with van der Waals surface area (Å²) in [6, 6.07) is 0. The van der Waals surface area contributed by atoms with Crippen molar-refractivity contribution < 1.29 is 14.6 Å². The first-order chi connectivity index (χ1) is 5.84. The lowest BCUT2D eigenvalue weighted by Gasteiger charge is -2.27. The van der Waals surface area contributed by atoms with E-state index in [0.717, 1.165) is 19.4 Å². The summed E-state index contributed by atoms with van der Waals surface area (Å²) in [7, 11) is 0. The summed E-state index contributed by atoms with van der Waals surface area (Å²) in [6.45, 7) is 4.07. The number of aliphatic hydroxyl groups excluding tert-OH is 1. The molecule has 1 heterocycles. The van der Waals surface area contributed by atoms with Gasteiger partial charge in [0.05, 0.1) is 12.7 Å². The maximum Gasteiger partial charge on any atom is 0.107 e. The Hall–Kier alpha value is -0.120. The molecule has 0 saturated carbocycles. The molecule has 1 N–H and O–H groups in total. The molecule has 0 amide bonds. The Bertz CT molecular complexity index is 116. The Balaban J connectivity index is 2.11. The second-order valence-corrected chi connectivity index (χ2v) is 3.19. The fraction of sp³-hybridized carbons (Fsp3) is 1.00. The van der Waals surface area contributed by atoms with Crippen LogP contribution >= 0.6 is 0 Å². The average Bonchev–Trinajstić information content (AvgIpc) is 2.09. The van der Waals surface area contributed by atoms with Crippen LogP contribution < -0.4 is 0 Å². The maximum atomic E-state index is 9.46. The molecule has 1 aliphatic heterocycles. The minimum atomic E-state index is -0.324. The Morgan fingerprint density at radius 3 is 3.08 bits per heavy atom. The molecule has 1 rings (SSSR count). The molecule has 3 heteroatoms. The normalized spacial score (nSPS) is 30.5. The summed E-state index contributed by atoms with van der Waals surface area (Å²) >= 11 is 0. The average molecular weight is 174 g/mol. The summed E-state index contributed by atoms with van der Waals surface area (Å²) in [6.07, 6.45) is 2.48. The minimum absolute atomic E-state index is 0.0923. The van der Waals surface area contributed by atoms with E-state index < -0.39 is 0 Å². The molecule has 0 aromatic rings. The zero-order valence-electron chi connectivity index (χ0n) is 7.66. The summed E-state index contributed by atoms with van der Waals surface area (Å²) in [5, 5.41) is 9.46. The number of hydrogen-bond donors (Lipinski definition) is 1. The van der Waals surface area contributed by atoms with Gasteiger partial charge in [-0.2, -0.15) is 0 Å². The van der Waals surface area contributed by atoms with E-state index in [4.69, 9.17) is 9.47 Å². The van der Waals surface area contributed by atoms with Gasteiger partial charge in [0.25, 0.3) is 0 Å². The highest BCUT2D eigenvalue weighted by Gasteiger charge is 2.23. The predicted molar refractivity (Wildman–Crippen MR) is 46.1 cm³/mol. The van der Waals surface area contributed by atoms with Crippen molar-refractivity contribution in [2.24, 2.45) is 0 Å². The van der Waals surface area contributed by atoms with Crippen molar-refractivity contribution in [3.05, 3.63) is 0 Å². The maximum absolute atomic E-state index is 9.46. The molecule has 0 aliphatic carbocycles. The molecular formula is C9H18O3. The second kappa shape index (κ2) is 5.51. The monoisotopic (exact) mass is 174 g/mol. The van der Waals surface area contributed by atoms with E-state index in [9.17, 15) is 5.11 Å². The summed E-state index contributed by atoms with van der Waals surface area (Å²) in [4.78, 5) is 0. The van der Waals surface area contributed by atoms with Gasteiger partial charge in [-0.3, -0.25) is 0 Å². The smallest absolute Gasteiger partial charge is 0.107 e. The summed E-state index contributed by atoms with van der Waals surface area (Å²) in [5.74, 6) is 0. The topological polar surface area (TPSA) is 38.7 Å². The van der Waals surface area contributed by atoms with E-state index in [1.807, 2.05) is 0 Å². The highest BCUT2D eigenvalue weighted by atomic mass is 16.5. The first kappa shape index (κ1) is 9.96. The Kier molecular flexibility index (Phi) is 4.58. The molecule has 3 nitrogen and oxygen atoms in total. The molecule has 0 radical (unpaired) electrons. The molecule has 0 aromatic heterocycles. The van der Waals surface area contributed by atoms with Crippen LogP contribution in [0.1, 0.15) is 26.2 Å². The third-order valence-corrected chi connectivity index (χ3v) is 2.10. The van der Waals surface area contributed by atoms with E-state index in [1.165, 1.54) is 0 Å². The van der Waals surface area contributed by atoms with Crippen LogP contribution in [0.3, 0.4) is 0 Å². The Morgan fingerprint density at radius 1 is 1.58 bits per heavy atom. The molecule has 72 valence electrons. The Morgan fingerprint density at radius 2 is 2.42 bits per heavy atom. The standard InChI is InChI=1S/C9H18O3/c1-2-3-5-12-9-7-11-6-4-8(9)10/h8-10H,2-7H2,1H3. The summed E-state index contributed by atoms with van der Waals surface area (Å²) < 4.78 is 10.7. The molecule has 2 unspecified atom stereocenters. The van der Waals surface area contributed by atoms with E-state index >= 15 is 0 Å². The number of rotatable bonds is 4. The fourth-order valence-electron chi connectivity index (χ4n) is 1.24. The molecule has 0 bridgehead atoms. The van der Waals surface area contributed by atoms with Crippen molar-refractivity contribution >= 4 is 0 Å². The van der Waals surface area contributed by atoms with E-state index in [1.54, 1.807) is 0 Å². The van der Waals surface area contributed by atoms with Gasteiger partial charge in [0.2, 0.25) is 0 Å². The molecule has 0 spiro atoms. The SMILES string of the molecule is CCCCOC1COCCC1O. The van der Waals surface area contributed by atoms with Gasteiger partial charge >= 0.3 is 0 Å². The highest BCUT2D eigenvalue weighted by Crippen LogP contribution is 2.11. The van der Waals surface area contributed by atoms with Crippen LogP contribution in [0.5, 0.6) is 0 Å². The van der Waals surface area contributed by atoms with Crippen LogP contribution in [0.2, 0.25) is 0 Å². The molecule has 12 heavy (non-hydrogen) atoms. The fourth-order valence-corrected chi connectivity index (χ4v) is 1.24. The van der Waals surface area contributed by atoms with Crippen LogP contribution in [0.15, 0.2) is 0 Å². The lowest BCUT2D eigenvalue weighted by Crippen LogP contribution is -2.38. The van der Waals surface area contributed by atoms with Crippen LogP contribution in [0.4, 0.5) is 0 Å². The zero-order valence-corrected chi connectivity index (χ0v) is 7.66. The lowest BCUT2D eigenvalue weighted by molar-refractivity contribution is -0.117. The third-order valence-electron chi connectivity index (χ3n) is 2.10. The first-order valence-electron chi connectivity index (χ1n) is 4.72. The number of aliphatic hydroxyl groups is 1. The zero-order chi connectivity index (χ0) is 8.81. The molecule has 2 atom stereocenters. The minimum Gasteiger partial charge on any atom is -0.390 e. The van der Waals surface area contributed by atoms with Gasteiger partial charge in [0.1, 0.15) is 6.10 Å². The number of unbranched alkanes of at least 4 members (excludes halogenated alkanes) is 1. The van der Waals surface area contributed by atoms with Gasteiger partial charge in [0, 0.05) is 13.2 Å². The van der Waals surface area contributed by atoms with Gasteiger partial charge in [-0.25, -0.2) is 0 Å². The lowest BCUT2D eigenvalue weighted by atomic mass is 10.1. The van der Waals surface area contributed by atoms with E-state index in [2.05, 4.69) is 6.92 Å². The quantitative estimate of drug-likeness (QED) is 0.645. The van der Waals surface area contributed by atoms with E-state index in [-0.39, 0.29) is 12.2 Å². The molecular weight excluding hydrogens is 156 g/mol. The van der Waals surface area contributed by atoms with Crippen molar-refractivity contribution in [3.8, 4) is 0 Å². The van der Waals surface area contributed by atoms with Crippen LogP contribution in [0, 0.1) is 0 Å². The molecule has 0 aromatic carbocycles. The first-order valence-corrected chi connectivity index (χ1v) is 4.72. The second-order valence-electron chi connectivity index (χ2n) is 3.19.